The Hall–Kier alpha value is -2.66. The summed E-state index contributed by atoms with van der Waals surface area (Å²) in [7, 11) is 0. The SMILES string of the molecule is O=C(NCc1cccc(CN2CCc3ccccc3C2)c1)C1CCN(Cc2ccc(Cl)cc2)CC1. The summed E-state index contributed by atoms with van der Waals surface area (Å²) in [5, 5.41) is 3.97. The minimum atomic E-state index is 0.105. The van der Waals surface area contributed by atoms with Gasteiger partial charge in [-0.25, -0.2) is 0 Å². The molecule has 2 aliphatic heterocycles. The Morgan fingerprint density at radius 2 is 1.51 bits per heavy atom. The highest BCUT2D eigenvalue weighted by Gasteiger charge is 2.25. The van der Waals surface area contributed by atoms with Crippen LogP contribution in [0, 0.1) is 5.92 Å². The van der Waals surface area contributed by atoms with E-state index in [2.05, 4.69) is 75.8 Å². The minimum absolute atomic E-state index is 0.105. The van der Waals surface area contributed by atoms with Gasteiger partial charge in [-0.1, -0.05) is 72.3 Å². The molecule has 0 bridgehead atoms. The largest absolute Gasteiger partial charge is 0.352 e. The number of nitrogens with one attached hydrogen (secondary N) is 1. The van der Waals surface area contributed by atoms with Crippen LogP contribution in [0.3, 0.4) is 0 Å². The molecule has 3 aromatic carbocycles. The predicted molar refractivity (Wildman–Crippen MR) is 142 cm³/mol. The molecule has 5 heteroatoms. The average Bonchev–Trinajstić information content (AvgIpc) is 2.89. The number of nitrogens with zero attached hydrogens (tertiary/aromatic N) is 2. The van der Waals surface area contributed by atoms with Crippen LogP contribution in [0.25, 0.3) is 0 Å². The summed E-state index contributed by atoms with van der Waals surface area (Å²) in [5.74, 6) is 0.294. The lowest BCUT2D eigenvalue weighted by Gasteiger charge is -2.31. The van der Waals surface area contributed by atoms with Crippen molar-refractivity contribution in [3.63, 3.8) is 0 Å². The first-order valence-electron chi connectivity index (χ1n) is 12.7. The third-order valence-corrected chi connectivity index (χ3v) is 7.60. The first kappa shape index (κ1) is 24.1. The van der Waals surface area contributed by atoms with Gasteiger partial charge in [-0.05, 0) is 72.3 Å². The van der Waals surface area contributed by atoms with Crippen LogP contribution in [0.2, 0.25) is 5.02 Å². The second-order valence-electron chi connectivity index (χ2n) is 9.94. The Morgan fingerprint density at radius 3 is 2.31 bits per heavy atom. The van der Waals surface area contributed by atoms with E-state index < -0.39 is 0 Å². The Labute approximate surface area is 213 Å². The third kappa shape index (κ3) is 6.52. The van der Waals surface area contributed by atoms with E-state index in [1.165, 1.54) is 27.8 Å². The molecule has 2 aliphatic rings. The summed E-state index contributed by atoms with van der Waals surface area (Å²) in [6, 6.07) is 25.5. The van der Waals surface area contributed by atoms with E-state index in [4.69, 9.17) is 11.6 Å². The van der Waals surface area contributed by atoms with E-state index in [1.807, 2.05) is 12.1 Å². The molecule has 0 atom stereocenters. The third-order valence-electron chi connectivity index (χ3n) is 7.35. The Kier molecular flexibility index (Phi) is 7.82. The first-order valence-corrected chi connectivity index (χ1v) is 13.1. The molecule has 0 unspecified atom stereocenters. The minimum Gasteiger partial charge on any atom is -0.352 e. The van der Waals surface area contributed by atoms with E-state index >= 15 is 0 Å². The molecule has 3 aromatic rings. The van der Waals surface area contributed by atoms with Gasteiger partial charge in [0.05, 0.1) is 0 Å². The molecule has 1 fully saturated rings. The molecule has 0 aliphatic carbocycles. The lowest BCUT2D eigenvalue weighted by atomic mass is 9.95. The van der Waals surface area contributed by atoms with Crippen LogP contribution in [-0.4, -0.2) is 35.3 Å². The normalized spacial score (nSPS) is 17.2. The number of carbonyl (C=O) groups is 1. The highest BCUT2D eigenvalue weighted by Crippen LogP contribution is 2.22. The number of fused-ring (bicyclic) bond motifs is 1. The van der Waals surface area contributed by atoms with Crippen LogP contribution in [0.1, 0.15) is 40.7 Å². The van der Waals surface area contributed by atoms with Crippen LogP contribution in [0.5, 0.6) is 0 Å². The fraction of sp³-hybridized carbons (Fsp3) is 0.367. The molecular weight excluding hydrogens is 454 g/mol. The van der Waals surface area contributed by atoms with Crippen molar-refractivity contribution in [2.45, 2.75) is 45.4 Å². The van der Waals surface area contributed by atoms with Crippen molar-refractivity contribution in [1.29, 1.82) is 0 Å². The molecular formula is C30H34ClN3O. The van der Waals surface area contributed by atoms with E-state index in [9.17, 15) is 4.79 Å². The van der Waals surface area contributed by atoms with Crippen LogP contribution in [0.15, 0.2) is 72.8 Å². The predicted octanol–water partition coefficient (Wildman–Crippen LogP) is 5.43. The van der Waals surface area contributed by atoms with Crippen molar-refractivity contribution in [3.05, 3.63) is 106 Å². The molecule has 1 amide bonds. The summed E-state index contributed by atoms with van der Waals surface area (Å²) in [6.07, 6.45) is 2.94. The summed E-state index contributed by atoms with van der Waals surface area (Å²) in [4.78, 5) is 17.8. The zero-order chi connectivity index (χ0) is 24.0. The molecule has 0 aromatic heterocycles. The molecule has 1 N–H and O–H groups in total. The lowest BCUT2D eigenvalue weighted by molar-refractivity contribution is -0.126. The van der Waals surface area contributed by atoms with Gasteiger partial charge in [0.25, 0.3) is 0 Å². The number of amides is 1. The fourth-order valence-corrected chi connectivity index (χ4v) is 5.45. The zero-order valence-electron chi connectivity index (χ0n) is 20.3. The van der Waals surface area contributed by atoms with Crippen LogP contribution in [-0.2, 0) is 37.4 Å². The van der Waals surface area contributed by atoms with E-state index in [0.717, 1.165) is 63.6 Å². The average molecular weight is 488 g/mol. The summed E-state index contributed by atoms with van der Waals surface area (Å²) < 4.78 is 0. The van der Waals surface area contributed by atoms with Crippen molar-refractivity contribution in [2.24, 2.45) is 5.92 Å². The van der Waals surface area contributed by atoms with Crippen molar-refractivity contribution in [2.75, 3.05) is 19.6 Å². The fourth-order valence-electron chi connectivity index (χ4n) is 5.32. The Balaban J connectivity index is 1.07. The van der Waals surface area contributed by atoms with Gasteiger partial charge < -0.3 is 5.32 Å². The van der Waals surface area contributed by atoms with Gasteiger partial charge in [0.1, 0.15) is 0 Å². The molecule has 0 radical (unpaired) electrons. The van der Waals surface area contributed by atoms with Crippen molar-refractivity contribution in [3.8, 4) is 0 Å². The molecule has 4 nitrogen and oxygen atoms in total. The molecule has 5 rings (SSSR count). The number of halogens is 1. The highest BCUT2D eigenvalue weighted by molar-refractivity contribution is 6.30. The van der Waals surface area contributed by atoms with Crippen LogP contribution >= 0.6 is 11.6 Å². The van der Waals surface area contributed by atoms with Gasteiger partial charge in [-0.2, -0.15) is 0 Å². The number of likely N-dealkylation sites (tertiary alicyclic amines) is 1. The van der Waals surface area contributed by atoms with Gasteiger partial charge in [0, 0.05) is 43.7 Å². The quantitative estimate of drug-likeness (QED) is 0.483. The maximum Gasteiger partial charge on any atom is 0.223 e. The molecule has 0 saturated carbocycles. The molecule has 182 valence electrons. The van der Waals surface area contributed by atoms with Gasteiger partial charge in [-0.15, -0.1) is 0 Å². The first-order chi connectivity index (χ1) is 17.1. The number of carbonyl (C=O) groups excluding carboxylic acids is 1. The highest BCUT2D eigenvalue weighted by atomic mass is 35.5. The van der Waals surface area contributed by atoms with Crippen LogP contribution < -0.4 is 5.32 Å². The number of hydrogen-bond acceptors (Lipinski definition) is 3. The Bertz CT molecular complexity index is 1140. The topological polar surface area (TPSA) is 35.6 Å². The maximum absolute atomic E-state index is 12.8. The van der Waals surface area contributed by atoms with E-state index in [1.54, 1.807) is 0 Å². The summed E-state index contributed by atoms with van der Waals surface area (Å²) >= 11 is 5.99. The van der Waals surface area contributed by atoms with Gasteiger partial charge >= 0.3 is 0 Å². The maximum atomic E-state index is 12.8. The van der Waals surface area contributed by atoms with Gasteiger partial charge in [0.15, 0.2) is 0 Å². The number of hydrogen-bond donors (Lipinski definition) is 1. The van der Waals surface area contributed by atoms with E-state index in [0.29, 0.717) is 6.54 Å². The number of piperidine rings is 1. The number of benzene rings is 3. The monoisotopic (exact) mass is 487 g/mol. The lowest BCUT2D eigenvalue weighted by Crippen LogP contribution is -2.40. The Morgan fingerprint density at radius 1 is 0.800 bits per heavy atom. The van der Waals surface area contributed by atoms with Gasteiger partial charge in [0.2, 0.25) is 5.91 Å². The van der Waals surface area contributed by atoms with E-state index in [-0.39, 0.29) is 11.8 Å². The molecule has 0 spiro atoms. The standard InChI is InChI=1S/C30H34ClN3O/c31-29-10-8-23(9-11-29)20-33-15-13-27(14-16-33)30(35)32-19-24-4-3-5-25(18-24)21-34-17-12-26-6-1-2-7-28(26)22-34/h1-11,18,27H,12-17,19-22H2,(H,32,35). The van der Waals surface area contributed by atoms with Crippen molar-refractivity contribution in [1.82, 2.24) is 15.1 Å². The van der Waals surface area contributed by atoms with Crippen molar-refractivity contribution < 1.29 is 4.79 Å². The van der Waals surface area contributed by atoms with Crippen molar-refractivity contribution >= 4 is 17.5 Å². The smallest absolute Gasteiger partial charge is 0.223 e. The zero-order valence-corrected chi connectivity index (χ0v) is 21.0. The van der Waals surface area contributed by atoms with Crippen LogP contribution in [0.4, 0.5) is 0 Å². The second-order valence-corrected chi connectivity index (χ2v) is 10.4. The summed E-state index contributed by atoms with van der Waals surface area (Å²) in [6.45, 7) is 6.47. The molecule has 2 heterocycles. The van der Waals surface area contributed by atoms with Gasteiger partial charge in [-0.3, -0.25) is 14.6 Å². The second kappa shape index (κ2) is 11.4. The molecule has 1 saturated heterocycles. The summed E-state index contributed by atoms with van der Waals surface area (Å²) in [5.41, 5.74) is 6.68. The molecule has 35 heavy (non-hydrogen) atoms. The number of rotatable bonds is 7.